The second kappa shape index (κ2) is 7.05. The van der Waals surface area contributed by atoms with Crippen molar-refractivity contribution in [1.82, 2.24) is 19.7 Å². The smallest absolute Gasteiger partial charge is 0.254 e. The second-order valence-electron chi connectivity index (χ2n) is 6.05. The number of aromatic nitrogens is 3. The molecule has 132 valence electrons. The Labute approximate surface area is 149 Å². The lowest BCUT2D eigenvalue weighted by Crippen LogP contribution is -2.42. The standard InChI is InChI=1S/C19H17FN4O2/c20-16-5-1-14(2-6-16)18-11-23(9-10-26-18)19(25)15-3-7-17(8-4-15)24-13-21-12-22-24/h1-8,12-13,18H,9-11H2. The molecule has 1 saturated heterocycles. The van der Waals surface area contributed by atoms with Gasteiger partial charge in [0.25, 0.3) is 5.91 Å². The molecule has 1 aliphatic heterocycles. The fourth-order valence-electron chi connectivity index (χ4n) is 2.99. The molecule has 2 aromatic carbocycles. The number of hydrogen-bond acceptors (Lipinski definition) is 4. The maximum atomic E-state index is 13.1. The van der Waals surface area contributed by atoms with E-state index in [4.69, 9.17) is 4.74 Å². The Bertz CT molecular complexity index is 879. The molecule has 0 saturated carbocycles. The van der Waals surface area contributed by atoms with Crippen molar-refractivity contribution in [1.29, 1.82) is 0 Å². The fourth-order valence-corrected chi connectivity index (χ4v) is 2.99. The number of amides is 1. The number of ether oxygens (including phenoxy) is 1. The zero-order valence-electron chi connectivity index (χ0n) is 14.0. The molecule has 1 unspecified atom stereocenters. The van der Waals surface area contributed by atoms with Crippen LogP contribution in [0.1, 0.15) is 22.0 Å². The lowest BCUT2D eigenvalue weighted by Gasteiger charge is -2.33. The van der Waals surface area contributed by atoms with Crippen LogP contribution in [0, 0.1) is 5.82 Å². The SMILES string of the molecule is O=C(c1ccc(-n2cncn2)cc1)N1CCOC(c2ccc(F)cc2)C1. The summed E-state index contributed by atoms with van der Waals surface area (Å²) in [5, 5.41) is 4.07. The molecule has 0 radical (unpaired) electrons. The molecule has 1 atom stereocenters. The predicted molar refractivity (Wildman–Crippen MR) is 92.4 cm³/mol. The Morgan fingerprint density at radius 1 is 1.12 bits per heavy atom. The molecule has 2 heterocycles. The number of carbonyl (C=O) groups is 1. The number of morpholine rings is 1. The average Bonchev–Trinajstić information content (AvgIpc) is 3.23. The van der Waals surface area contributed by atoms with E-state index in [9.17, 15) is 9.18 Å². The Balaban J connectivity index is 1.48. The van der Waals surface area contributed by atoms with Crippen LogP contribution in [0.25, 0.3) is 5.69 Å². The van der Waals surface area contributed by atoms with E-state index in [0.717, 1.165) is 11.3 Å². The van der Waals surface area contributed by atoms with Crippen molar-refractivity contribution in [2.24, 2.45) is 0 Å². The van der Waals surface area contributed by atoms with Crippen LogP contribution in [-0.2, 0) is 4.74 Å². The van der Waals surface area contributed by atoms with Crippen molar-refractivity contribution in [3.63, 3.8) is 0 Å². The first kappa shape index (κ1) is 16.4. The van der Waals surface area contributed by atoms with E-state index < -0.39 is 0 Å². The van der Waals surface area contributed by atoms with E-state index in [1.54, 1.807) is 40.2 Å². The molecule has 0 spiro atoms. The van der Waals surface area contributed by atoms with Crippen molar-refractivity contribution < 1.29 is 13.9 Å². The third-order valence-corrected chi connectivity index (χ3v) is 4.39. The maximum absolute atomic E-state index is 13.1. The third kappa shape index (κ3) is 3.34. The molecule has 1 aromatic heterocycles. The minimum atomic E-state index is -0.287. The van der Waals surface area contributed by atoms with E-state index >= 15 is 0 Å². The van der Waals surface area contributed by atoms with Gasteiger partial charge >= 0.3 is 0 Å². The van der Waals surface area contributed by atoms with Crippen LogP contribution in [0.15, 0.2) is 61.2 Å². The number of carbonyl (C=O) groups excluding carboxylic acids is 1. The number of rotatable bonds is 3. The molecule has 6 nitrogen and oxygen atoms in total. The molecular weight excluding hydrogens is 335 g/mol. The van der Waals surface area contributed by atoms with Gasteiger partial charge in [-0.25, -0.2) is 14.1 Å². The lowest BCUT2D eigenvalue weighted by molar-refractivity contribution is -0.0228. The van der Waals surface area contributed by atoms with E-state index in [0.29, 0.717) is 25.3 Å². The summed E-state index contributed by atoms with van der Waals surface area (Å²) >= 11 is 0. The third-order valence-electron chi connectivity index (χ3n) is 4.39. The monoisotopic (exact) mass is 352 g/mol. The van der Waals surface area contributed by atoms with E-state index in [2.05, 4.69) is 10.1 Å². The normalized spacial score (nSPS) is 17.3. The van der Waals surface area contributed by atoms with Crippen molar-refractivity contribution in [3.8, 4) is 5.69 Å². The van der Waals surface area contributed by atoms with Gasteiger partial charge in [0.1, 0.15) is 24.6 Å². The molecule has 1 aliphatic rings. The highest BCUT2D eigenvalue weighted by atomic mass is 19.1. The van der Waals surface area contributed by atoms with Gasteiger partial charge in [0.05, 0.1) is 18.8 Å². The minimum absolute atomic E-state index is 0.0504. The fraction of sp³-hybridized carbons (Fsp3) is 0.211. The molecule has 1 amide bonds. The van der Waals surface area contributed by atoms with Gasteiger partial charge in [0, 0.05) is 12.1 Å². The number of benzene rings is 2. The highest BCUT2D eigenvalue weighted by Crippen LogP contribution is 2.23. The highest BCUT2D eigenvalue weighted by Gasteiger charge is 2.26. The van der Waals surface area contributed by atoms with Gasteiger partial charge in [0.15, 0.2) is 0 Å². The Morgan fingerprint density at radius 2 is 1.88 bits per heavy atom. The first-order chi connectivity index (χ1) is 12.7. The molecule has 0 N–H and O–H groups in total. The minimum Gasteiger partial charge on any atom is -0.370 e. The van der Waals surface area contributed by atoms with Gasteiger partial charge in [-0.1, -0.05) is 12.1 Å². The molecule has 7 heteroatoms. The zero-order chi connectivity index (χ0) is 17.9. The molecule has 0 bridgehead atoms. The van der Waals surface area contributed by atoms with E-state index in [-0.39, 0.29) is 17.8 Å². The number of halogens is 1. The van der Waals surface area contributed by atoms with Gasteiger partial charge in [0.2, 0.25) is 0 Å². The van der Waals surface area contributed by atoms with Crippen molar-refractivity contribution in [2.45, 2.75) is 6.10 Å². The van der Waals surface area contributed by atoms with E-state index in [1.165, 1.54) is 18.5 Å². The highest BCUT2D eigenvalue weighted by molar-refractivity contribution is 5.94. The quantitative estimate of drug-likeness (QED) is 0.727. The van der Waals surface area contributed by atoms with Crippen LogP contribution in [0.3, 0.4) is 0 Å². The topological polar surface area (TPSA) is 60.2 Å². The summed E-state index contributed by atoms with van der Waals surface area (Å²) in [5.74, 6) is -0.337. The predicted octanol–water partition coefficient (Wildman–Crippen LogP) is 2.62. The Morgan fingerprint density at radius 3 is 2.58 bits per heavy atom. The van der Waals surface area contributed by atoms with Gasteiger partial charge in [-0.3, -0.25) is 4.79 Å². The number of nitrogens with zero attached hydrogens (tertiary/aromatic N) is 4. The number of hydrogen-bond donors (Lipinski definition) is 0. The van der Waals surface area contributed by atoms with Crippen LogP contribution < -0.4 is 0 Å². The molecule has 4 rings (SSSR count). The molecule has 3 aromatic rings. The summed E-state index contributed by atoms with van der Waals surface area (Å²) < 4.78 is 20.5. The summed E-state index contributed by atoms with van der Waals surface area (Å²) in [6.07, 6.45) is 2.82. The van der Waals surface area contributed by atoms with Crippen molar-refractivity contribution in [2.75, 3.05) is 19.7 Å². The van der Waals surface area contributed by atoms with Crippen LogP contribution in [0.2, 0.25) is 0 Å². The van der Waals surface area contributed by atoms with Crippen LogP contribution in [0.5, 0.6) is 0 Å². The summed E-state index contributed by atoms with van der Waals surface area (Å²) in [5.41, 5.74) is 2.31. The summed E-state index contributed by atoms with van der Waals surface area (Å²) in [6, 6.07) is 13.4. The molecule has 26 heavy (non-hydrogen) atoms. The first-order valence-corrected chi connectivity index (χ1v) is 8.32. The lowest BCUT2D eigenvalue weighted by atomic mass is 10.1. The Hall–Kier alpha value is -3.06. The summed E-state index contributed by atoms with van der Waals surface area (Å²) in [6.45, 7) is 1.42. The zero-order valence-corrected chi connectivity index (χ0v) is 14.0. The maximum Gasteiger partial charge on any atom is 0.254 e. The van der Waals surface area contributed by atoms with Crippen molar-refractivity contribution in [3.05, 3.63) is 78.1 Å². The van der Waals surface area contributed by atoms with Crippen LogP contribution in [-0.4, -0.2) is 45.3 Å². The summed E-state index contributed by atoms with van der Waals surface area (Å²) in [7, 11) is 0. The molecule has 1 fully saturated rings. The Kier molecular flexibility index (Phi) is 4.45. The van der Waals surface area contributed by atoms with Crippen LogP contribution >= 0.6 is 0 Å². The molecule has 0 aliphatic carbocycles. The van der Waals surface area contributed by atoms with Gasteiger partial charge in [-0.15, -0.1) is 0 Å². The average molecular weight is 352 g/mol. The summed E-state index contributed by atoms with van der Waals surface area (Å²) in [4.78, 5) is 18.5. The first-order valence-electron chi connectivity index (χ1n) is 8.32. The van der Waals surface area contributed by atoms with Gasteiger partial charge in [-0.05, 0) is 42.0 Å². The van der Waals surface area contributed by atoms with Crippen molar-refractivity contribution >= 4 is 5.91 Å². The largest absolute Gasteiger partial charge is 0.370 e. The van der Waals surface area contributed by atoms with Crippen LogP contribution in [0.4, 0.5) is 4.39 Å². The molecular formula is C19H17FN4O2. The second-order valence-corrected chi connectivity index (χ2v) is 6.05. The van der Waals surface area contributed by atoms with Gasteiger partial charge < -0.3 is 9.64 Å². The van der Waals surface area contributed by atoms with Gasteiger partial charge in [-0.2, -0.15) is 5.10 Å². The van der Waals surface area contributed by atoms with E-state index in [1.807, 2.05) is 12.1 Å².